The number of amides is 1. The lowest BCUT2D eigenvalue weighted by molar-refractivity contribution is 0.0946. The molecule has 0 radical (unpaired) electrons. The molecule has 1 aromatic carbocycles. The Morgan fingerprint density at radius 3 is 2.17 bits per heavy atom. The van der Waals surface area contributed by atoms with Crippen LogP contribution in [0.5, 0.6) is 0 Å². The molecule has 2 heterocycles. The second-order valence-corrected chi connectivity index (χ2v) is 6.46. The lowest BCUT2D eigenvalue weighted by atomic mass is 10.2. The number of hydrogen-bond acceptors (Lipinski definition) is 4. The molecule has 5 nitrogen and oxygen atoms in total. The molecule has 24 heavy (non-hydrogen) atoms. The predicted octanol–water partition coefficient (Wildman–Crippen LogP) is 2.30. The molecule has 5 heteroatoms. The number of piperazine rings is 1. The number of rotatable bonds is 4. The van der Waals surface area contributed by atoms with Gasteiger partial charge < -0.3 is 15.1 Å². The number of hydrogen-bond donors (Lipinski definition) is 1. The van der Waals surface area contributed by atoms with E-state index in [0.29, 0.717) is 11.7 Å². The highest BCUT2D eigenvalue weighted by molar-refractivity contribution is 5.92. The van der Waals surface area contributed by atoms with Crippen molar-refractivity contribution in [1.29, 1.82) is 0 Å². The molecular weight excluding hydrogens is 300 g/mol. The Labute approximate surface area is 142 Å². The van der Waals surface area contributed by atoms with Crippen molar-refractivity contribution in [2.45, 2.75) is 18.9 Å². The molecule has 1 aliphatic carbocycles. The molecule has 4 rings (SSSR count). The van der Waals surface area contributed by atoms with Crippen LogP contribution in [0.4, 0.5) is 11.4 Å². The van der Waals surface area contributed by atoms with Gasteiger partial charge in [0.15, 0.2) is 0 Å². The van der Waals surface area contributed by atoms with Gasteiger partial charge in [-0.2, -0.15) is 0 Å². The van der Waals surface area contributed by atoms with E-state index in [1.165, 1.54) is 5.69 Å². The molecular formula is C19H22N4O. The first-order valence-corrected chi connectivity index (χ1v) is 8.61. The van der Waals surface area contributed by atoms with Gasteiger partial charge >= 0.3 is 0 Å². The van der Waals surface area contributed by atoms with Crippen molar-refractivity contribution in [2.75, 3.05) is 36.0 Å². The van der Waals surface area contributed by atoms with E-state index in [4.69, 9.17) is 0 Å². The van der Waals surface area contributed by atoms with E-state index in [2.05, 4.69) is 44.4 Å². The summed E-state index contributed by atoms with van der Waals surface area (Å²) in [5, 5.41) is 2.97. The number of nitrogens with one attached hydrogen (secondary N) is 1. The minimum absolute atomic E-state index is 0.0575. The molecule has 2 aromatic rings. The number of carbonyl (C=O) groups is 1. The second kappa shape index (κ2) is 6.51. The van der Waals surface area contributed by atoms with Crippen molar-refractivity contribution in [1.82, 2.24) is 10.3 Å². The van der Waals surface area contributed by atoms with Crippen LogP contribution in [-0.2, 0) is 0 Å². The normalized spacial score (nSPS) is 17.7. The van der Waals surface area contributed by atoms with Crippen LogP contribution in [0.15, 0.2) is 48.7 Å². The molecule has 1 N–H and O–H groups in total. The third-order valence-electron chi connectivity index (χ3n) is 4.66. The summed E-state index contributed by atoms with van der Waals surface area (Å²) >= 11 is 0. The van der Waals surface area contributed by atoms with Gasteiger partial charge in [-0.15, -0.1) is 0 Å². The van der Waals surface area contributed by atoms with Gasteiger partial charge in [0, 0.05) is 37.9 Å². The molecule has 1 saturated heterocycles. The van der Waals surface area contributed by atoms with Crippen LogP contribution in [0, 0.1) is 0 Å². The smallest absolute Gasteiger partial charge is 0.270 e. The number of para-hydroxylation sites is 1. The van der Waals surface area contributed by atoms with Gasteiger partial charge in [0.05, 0.1) is 11.9 Å². The number of nitrogens with zero attached hydrogens (tertiary/aromatic N) is 3. The molecule has 1 amide bonds. The SMILES string of the molecule is O=C(NC1CC1)c1ccc(N2CCN(c3ccccc3)CC2)cn1. The fraction of sp³-hybridized carbons (Fsp3) is 0.368. The maximum Gasteiger partial charge on any atom is 0.270 e. The van der Waals surface area contributed by atoms with E-state index in [-0.39, 0.29) is 5.91 Å². The molecule has 2 aliphatic rings. The Hall–Kier alpha value is -2.56. The van der Waals surface area contributed by atoms with Crippen LogP contribution < -0.4 is 15.1 Å². The standard InChI is InChI=1S/C19H22N4O/c24-19(21-15-6-7-15)18-9-8-17(14-20-18)23-12-10-22(11-13-23)16-4-2-1-3-5-16/h1-5,8-9,14-15H,6-7,10-13H2,(H,21,24). The third-order valence-corrected chi connectivity index (χ3v) is 4.66. The Bertz CT molecular complexity index is 689. The number of carbonyl (C=O) groups excluding carboxylic acids is 1. The van der Waals surface area contributed by atoms with Crippen molar-refractivity contribution in [3.05, 3.63) is 54.4 Å². The van der Waals surface area contributed by atoms with Gasteiger partial charge in [-0.05, 0) is 37.1 Å². The highest BCUT2D eigenvalue weighted by Crippen LogP contribution is 2.21. The second-order valence-electron chi connectivity index (χ2n) is 6.46. The summed E-state index contributed by atoms with van der Waals surface area (Å²) < 4.78 is 0. The third kappa shape index (κ3) is 3.35. The topological polar surface area (TPSA) is 48.5 Å². The van der Waals surface area contributed by atoms with Crippen LogP contribution in [0.1, 0.15) is 23.3 Å². The quantitative estimate of drug-likeness (QED) is 0.938. The zero-order valence-corrected chi connectivity index (χ0v) is 13.7. The minimum Gasteiger partial charge on any atom is -0.368 e. The van der Waals surface area contributed by atoms with Crippen LogP contribution in [0.25, 0.3) is 0 Å². The average molecular weight is 322 g/mol. The molecule has 124 valence electrons. The first-order valence-electron chi connectivity index (χ1n) is 8.61. The molecule has 2 fully saturated rings. The van der Waals surface area contributed by atoms with E-state index in [1.807, 2.05) is 24.4 Å². The fourth-order valence-corrected chi connectivity index (χ4v) is 3.06. The highest BCUT2D eigenvalue weighted by atomic mass is 16.2. The van der Waals surface area contributed by atoms with Crippen LogP contribution in [0.3, 0.4) is 0 Å². The number of pyridine rings is 1. The molecule has 1 saturated carbocycles. The van der Waals surface area contributed by atoms with Crippen molar-refractivity contribution in [3.63, 3.8) is 0 Å². The van der Waals surface area contributed by atoms with E-state index < -0.39 is 0 Å². The summed E-state index contributed by atoms with van der Waals surface area (Å²) in [6, 6.07) is 14.7. The molecule has 0 bridgehead atoms. The predicted molar refractivity (Wildman–Crippen MR) is 95.6 cm³/mol. The van der Waals surface area contributed by atoms with Crippen molar-refractivity contribution < 1.29 is 4.79 Å². The fourth-order valence-electron chi connectivity index (χ4n) is 3.06. The van der Waals surface area contributed by atoms with Gasteiger partial charge in [-0.3, -0.25) is 4.79 Å². The van der Waals surface area contributed by atoms with Gasteiger partial charge in [0.1, 0.15) is 5.69 Å². The van der Waals surface area contributed by atoms with Crippen LogP contribution in [0.2, 0.25) is 0 Å². The maximum absolute atomic E-state index is 12.0. The Kier molecular flexibility index (Phi) is 4.07. The van der Waals surface area contributed by atoms with Crippen LogP contribution in [-0.4, -0.2) is 43.1 Å². The summed E-state index contributed by atoms with van der Waals surface area (Å²) in [6.45, 7) is 3.91. The summed E-state index contributed by atoms with van der Waals surface area (Å²) in [4.78, 5) is 21.1. The molecule has 0 unspecified atom stereocenters. The first-order chi connectivity index (χ1) is 11.8. The van der Waals surface area contributed by atoms with Crippen molar-refractivity contribution >= 4 is 17.3 Å². The highest BCUT2D eigenvalue weighted by Gasteiger charge is 2.24. The van der Waals surface area contributed by atoms with Gasteiger partial charge in [-0.1, -0.05) is 18.2 Å². The Morgan fingerprint density at radius 1 is 0.917 bits per heavy atom. The minimum atomic E-state index is -0.0575. The van der Waals surface area contributed by atoms with Gasteiger partial charge in [-0.25, -0.2) is 4.98 Å². The van der Waals surface area contributed by atoms with Gasteiger partial charge in [0.2, 0.25) is 0 Å². The van der Waals surface area contributed by atoms with E-state index in [9.17, 15) is 4.79 Å². The van der Waals surface area contributed by atoms with Crippen molar-refractivity contribution in [3.8, 4) is 0 Å². The number of benzene rings is 1. The summed E-state index contributed by atoms with van der Waals surface area (Å²) in [6.07, 6.45) is 4.00. The first kappa shape index (κ1) is 15.0. The largest absolute Gasteiger partial charge is 0.368 e. The summed E-state index contributed by atoms with van der Waals surface area (Å²) in [7, 11) is 0. The monoisotopic (exact) mass is 322 g/mol. The zero-order valence-electron chi connectivity index (χ0n) is 13.7. The number of anilines is 2. The average Bonchev–Trinajstić information content (AvgIpc) is 3.47. The Balaban J connectivity index is 1.36. The van der Waals surface area contributed by atoms with E-state index >= 15 is 0 Å². The Morgan fingerprint density at radius 2 is 1.58 bits per heavy atom. The molecule has 0 atom stereocenters. The van der Waals surface area contributed by atoms with E-state index in [0.717, 1.165) is 44.7 Å². The van der Waals surface area contributed by atoms with Crippen LogP contribution >= 0.6 is 0 Å². The van der Waals surface area contributed by atoms with Gasteiger partial charge in [0.25, 0.3) is 5.91 Å². The van der Waals surface area contributed by atoms with Crippen molar-refractivity contribution in [2.24, 2.45) is 0 Å². The summed E-state index contributed by atoms with van der Waals surface area (Å²) in [5.74, 6) is -0.0575. The molecule has 0 spiro atoms. The van der Waals surface area contributed by atoms with E-state index in [1.54, 1.807) is 0 Å². The molecule has 1 aromatic heterocycles. The zero-order chi connectivity index (χ0) is 16.4. The number of aromatic nitrogens is 1. The lowest BCUT2D eigenvalue weighted by Gasteiger charge is -2.37. The molecule has 1 aliphatic heterocycles. The summed E-state index contributed by atoms with van der Waals surface area (Å²) in [5.41, 5.74) is 2.88. The lowest BCUT2D eigenvalue weighted by Crippen LogP contribution is -2.46. The maximum atomic E-state index is 12.0.